The third kappa shape index (κ3) is 5.27. The third-order valence-electron chi connectivity index (χ3n) is 6.08. The minimum absolute atomic E-state index is 0.000832. The number of hydrogen-bond donors (Lipinski definition) is 2. The quantitative estimate of drug-likeness (QED) is 0.437. The number of carbonyl (C=O) groups excluding carboxylic acids is 1. The van der Waals surface area contributed by atoms with Gasteiger partial charge in [-0.1, -0.05) is 48.0 Å². The van der Waals surface area contributed by atoms with Gasteiger partial charge in [-0.25, -0.2) is 14.8 Å². The van der Waals surface area contributed by atoms with Crippen LogP contribution < -0.4 is 21.1 Å². The van der Waals surface area contributed by atoms with Crippen molar-refractivity contribution >= 4 is 40.3 Å². The maximum atomic E-state index is 13.5. The summed E-state index contributed by atoms with van der Waals surface area (Å²) < 4.78 is 1.69. The molecule has 35 heavy (non-hydrogen) atoms. The molecule has 5 rings (SSSR count). The first-order chi connectivity index (χ1) is 17.1. The van der Waals surface area contributed by atoms with Crippen molar-refractivity contribution in [3.05, 3.63) is 93.9 Å². The number of pyridine rings is 1. The fourth-order valence-corrected chi connectivity index (χ4v) is 4.53. The van der Waals surface area contributed by atoms with E-state index in [4.69, 9.17) is 11.6 Å². The maximum absolute atomic E-state index is 13.5. The Morgan fingerprint density at radius 2 is 1.83 bits per heavy atom. The molecule has 0 aliphatic carbocycles. The summed E-state index contributed by atoms with van der Waals surface area (Å²) >= 11 is 5.99. The number of carbonyl (C=O) groups is 1. The molecule has 2 aromatic heterocycles. The van der Waals surface area contributed by atoms with E-state index in [0.29, 0.717) is 60.2 Å². The lowest BCUT2D eigenvalue weighted by molar-refractivity contribution is 0.246. The van der Waals surface area contributed by atoms with Crippen LogP contribution in [0.1, 0.15) is 18.4 Å². The fraction of sp³-hybridized carbons (Fsp3) is 0.231. The van der Waals surface area contributed by atoms with E-state index in [-0.39, 0.29) is 17.6 Å². The van der Waals surface area contributed by atoms with E-state index in [1.165, 1.54) is 0 Å². The Bertz CT molecular complexity index is 1400. The standard InChI is InChI=1S/C26H25ClN6O2/c27-19-8-4-9-21(16-19)30-26(35)29-20-11-14-32(15-12-20)24-25(34)33(17-18-6-2-1-3-7-18)23-22(31-24)10-5-13-28-23/h1-10,13,16,20H,11-12,14-15,17H2,(H2,29,30,35). The molecular weight excluding hydrogens is 464 g/mol. The van der Waals surface area contributed by atoms with E-state index >= 15 is 0 Å². The monoisotopic (exact) mass is 488 g/mol. The van der Waals surface area contributed by atoms with Gasteiger partial charge in [0.25, 0.3) is 5.56 Å². The van der Waals surface area contributed by atoms with Gasteiger partial charge >= 0.3 is 6.03 Å². The number of benzene rings is 2. The lowest BCUT2D eigenvalue weighted by Gasteiger charge is -2.33. The van der Waals surface area contributed by atoms with Crippen LogP contribution in [0.4, 0.5) is 16.3 Å². The second kappa shape index (κ2) is 10.1. The van der Waals surface area contributed by atoms with Gasteiger partial charge in [-0.05, 0) is 48.7 Å². The molecule has 1 saturated heterocycles. The highest BCUT2D eigenvalue weighted by Gasteiger charge is 2.25. The van der Waals surface area contributed by atoms with Crippen LogP contribution in [0.15, 0.2) is 77.7 Å². The number of nitrogens with one attached hydrogen (secondary N) is 2. The van der Waals surface area contributed by atoms with Gasteiger partial charge in [0.15, 0.2) is 11.5 Å². The van der Waals surface area contributed by atoms with Crippen molar-refractivity contribution in [2.24, 2.45) is 0 Å². The highest BCUT2D eigenvalue weighted by Crippen LogP contribution is 2.19. The number of nitrogens with zero attached hydrogens (tertiary/aromatic N) is 4. The van der Waals surface area contributed by atoms with Crippen LogP contribution >= 0.6 is 11.6 Å². The van der Waals surface area contributed by atoms with Crippen LogP contribution in [0, 0.1) is 0 Å². The summed E-state index contributed by atoms with van der Waals surface area (Å²) in [6.45, 7) is 1.65. The molecule has 1 aliphatic rings. The molecular formula is C26H25ClN6O2. The molecule has 2 amide bonds. The Kier molecular flexibility index (Phi) is 6.63. The predicted molar refractivity (Wildman–Crippen MR) is 138 cm³/mol. The summed E-state index contributed by atoms with van der Waals surface area (Å²) in [4.78, 5) is 37.0. The minimum Gasteiger partial charge on any atom is -0.352 e. The molecule has 4 aromatic rings. The van der Waals surface area contributed by atoms with Gasteiger partial charge in [0.1, 0.15) is 5.52 Å². The highest BCUT2D eigenvalue weighted by molar-refractivity contribution is 6.30. The number of urea groups is 1. The van der Waals surface area contributed by atoms with Crippen molar-refractivity contribution < 1.29 is 4.79 Å². The number of amides is 2. The topological polar surface area (TPSA) is 92.2 Å². The smallest absolute Gasteiger partial charge is 0.319 e. The molecule has 0 atom stereocenters. The summed E-state index contributed by atoms with van der Waals surface area (Å²) in [5.74, 6) is 0.420. The van der Waals surface area contributed by atoms with Crippen molar-refractivity contribution in [3.8, 4) is 0 Å². The number of aromatic nitrogens is 3. The van der Waals surface area contributed by atoms with Gasteiger partial charge < -0.3 is 15.5 Å². The largest absolute Gasteiger partial charge is 0.352 e. The highest BCUT2D eigenvalue weighted by atomic mass is 35.5. The average Bonchev–Trinajstić information content (AvgIpc) is 2.87. The summed E-state index contributed by atoms with van der Waals surface area (Å²) in [6, 6.07) is 20.3. The van der Waals surface area contributed by atoms with Crippen molar-refractivity contribution in [1.82, 2.24) is 19.9 Å². The van der Waals surface area contributed by atoms with Gasteiger partial charge in [0, 0.05) is 36.0 Å². The molecule has 0 unspecified atom stereocenters. The molecule has 1 fully saturated rings. The van der Waals surface area contributed by atoms with E-state index in [1.54, 1.807) is 35.0 Å². The normalized spacial score (nSPS) is 14.1. The first kappa shape index (κ1) is 22.9. The van der Waals surface area contributed by atoms with Crippen LogP contribution in [-0.2, 0) is 6.54 Å². The molecule has 1 aliphatic heterocycles. The number of rotatable bonds is 5. The Morgan fingerprint density at radius 1 is 1.03 bits per heavy atom. The van der Waals surface area contributed by atoms with Gasteiger partial charge in [-0.15, -0.1) is 0 Å². The second-order valence-electron chi connectivity index (χ2n) is 8.53. The minimum atomic E-state index is -0.272. The van der Waals surface area contributed by atoms with Crippen LogP contribution in [0.2, 0.25) is 5.02 Å². The summed E-state index contributed by atoms with van der Waals surface area (Å²) in [5, 5.41) is 6.39. The Hall–Kier alpha value is -3.91. The summed E-state index contributed by atoms with van der Waals surface area (Å²) in [7, 11) is 0. The van der Waals surface area contributed by atoms with Crippen molar-refractivity contribution in [2.45, 2.75) is 25.4 Å². The Labute approximate surface area is 207 Å². The van der Waals surface area contributed by atoms with Gasteiger partial charge in [-0.2, -0.15) is 0 Å². The number of hydrogen-bond acceptors (Lipinski definition) is 5. The zero-order valence-corrected chi connectivity index (χ0v) is 19.8. The van der Waals surface area contributed by atoms with Crippen molar-refractivity contribution in [3.63, 3.8) is 0 Å². The van der Waals surface area contributed by atoms with Gasteiger partial charge in [0.2, 0.25) is 0 Å². The molecule has 3 heterocycles. The van der Waals surface area contributed by atoms with Crippen molar-refractivity contribution in [2.75, 3.05) is 23.3 Å². The zero-order chi connectivity index (χ0) is 24.2. The van der Waals surface area contributed by atoms with Crippen LogP contribution in [0.25, 0.3) is 11.2 Å². The van der Waals surface area contributed by atoms with E-state index in [0.717, 1.165) is 5.56 Å². The van der Waals surface area contributed by atoms with E-state index in [9.17, 15) is 9.59 Å². The molecule has 0 spiro atoms. The zero-order valence-electron chi connectivity index (χ0n) is 19.0. The van der Waals surface area contributed by atoms with Gasteiger partial charge in [-0.3, -0.25) is 9.36 Å². The predicted octanol–water partition coefficient (Wildman–Crippen LogP) is 4.28. The van der Waals surface area contributed by atoms with Crippen LogP contribution in [-0.4, -0.2) is 39.7 Å². The third-order valence-corrected chi connectivity index (χ3v) is 6.32. The summed E-state index contributed by atoms with van der Waals surface area (Å²) in [6.07, 6.45) is 3.08. The van der Waals surface area contributed by atoms with Crippen molar-refractivity contribution in [1.29, 1.82) is 0 Å². The average molecular weight is 489 g/mol. The molecule has 0 radical (unpaired) electrons. The van der Waals surface area contributed by atoms with E-state index in [2.05, 4.69) is 20.6 Å². The Balaban J connectivity index is 1.30. The molecule has 0 saturated carbocycles. The molecule has 178 valence electrons. The molecule has 2 N–H and O–H groups in total. The lowest BCUT2D eigenvalue weighted by atomic mass is 10.1. The molecule has 8 nitrogen and oxygen atoms in total. The number of anilines is 2. The van der Waals surface area contributed by atoms with Gasteiger partial charge in [0.05, 0.1) is 6.54 Å². The second-order valence-corrected chi connectivity index (χ2v) is 8.97. The van der Waals surface area contributed by atoms with E-state index < -0.39 is 0 Å². The molecule has 2 aromatic carbocycles. The number of halogens is 1. The first-order valence-electron chi connectivity index (χ1n) is 11.5. The number of fused-ring (bicyclic) bond motifs is 1. The Morgan fingerprint density at radius 3 is 2.60 bits per heavy atom. The fourth-order valence-electron chi connectivity index (χ4n) is 4.34. The SMILES string of the molecule is O=C(Nc1cccc(Cl)c1)NC1CCN(c2nc3cccnc3n(Cc3ccccc3)c2=O)CC1. The first-order valence-corrected chi connectivity index (χ1v) is 11.9. The van der Waals surface area contributed by atoms with E-state index in [1.807, 2.05) is 47.4 Å². The molecule has 0 bridgehead atoms. The van der Waals surface area contributed by atoms with Crippen LogP contribution in [0.5, 0.6) is 0 Å². The molecule has 9 heteroatoms. The maximum Gasteiger partial charge on any atom is 0.319 e. The number of piperidine rings is 1. The van der Waals surface area contributed by atoms with Crippen LogP contribution in [0.3, 0.4) is 0 Å². The summed E-state index contributed by atoms with van der Waals surface area (Å²) in [5.41, 5.74) is 2.75. The lowest BCUT2D eigenvalue weighted by Crippen LogP contribution is -2.47.